The van der Waals surface area contributed by atoms with Crippen LogP contribution in [-0.2, 0) is 17.9 Å². The van der Waals surface area contributed by atoms with E-state index < -0.39 is 0 Å². The van der Waals surface area contributed by atoms with E-state index in [1.807, 2.05) is 60.4 Å². The normalized spacial score (nSPS) is 10.8. The van der Waals surface area contributed by atoms with Crippen molar-refractivity contribution >= 4 is 23.2 Å². The van der Waals surface area contributed by atoms with Gasteiger partial charge in [-0.05, 0) is 61.0 Å². The van der Waals surface area contributed by atoms with Gasteiger partial charge in [0, 0.05) is 5.69 Å². The number of carbonyl (C=O) groups is 2. The van der Waals surface area contributed by atoms with Gasteiger partial charge in [0.05, 0.1) is 43.4 Å². The Labute approximate surface area is 192 Å². The first-order valence-corrected chi connectivity index (χ1v) is 10.6. The van der Waals surface area contributed by atoms with Crippen molar-refractivity contribution in [2.75, 3.05) is 17.2 Å². The van der Waals surface area contributed by atoms with Crippen LogP contribution in [0.5, 0.6) is 0 Å². The van der Waals surface area contributed by atoms with Gasteiger partial charge in [-0.1, -0.05) is 24.3 Å². The summed E-state index contributed by atoms with van der Waals surface area (Å²) in [6.07, 6.45) is 3.20. The Kier molecular flexibility index (Phi) is 7.02. The van der Waals surface area contributed by atoms with Gasteiger partial charge in [0.2, 0.25) is 5.91 Å². The van der Waals surface area contributed by atoms with Gasteiger partial charge in [-0.25, -0.2) is 0 Å². The van der Waals surface area contributed by atoms with E-state index in [1.165, 1.54) is 0 Å². The highest BCUT2D eigenvalue weighted by Gasteiger charge is 2.18. The minimum absolute atomic E-state index is 0.0925. The first-order valence-electron chi connectivity index (χ1n) is 10.6. The van der Waals surface area contributed by atoms with Gasteiger partial charge in [-0.2, -0.15) is 0 Å². The van der Waals surface area contributed by atoms with Gasteiger partial charge in [0.1, 0.15) is 11.5 Å². The molecule has 0 aliphatic rings. The monoisotopic (exact) mass is 443 g/mol. The molecule has 0 radical (unpaired) electrons. The van der Waals surface area contributed by atoms with Crippen LogP contribution in [0.25, 0.3) is 0 Å². The van der Waals surface area contributed by atoms with Crippen LogP contribution in [0.1, 0.15) is 27.4 Å². The third-order valence-corrected chi connectivity index (χ3v) is 5.01. The van der Waals surface area contributed by atoms with E-state index in [0.29, 0.717) is 30.0 Å². The summed E-state index contributed by atoms with van der Waals surface area (Å²) in [6, 6.07) is 21.8. The SMILES string of the molecule is Cc1cccc(NC(=O)c2ccccc2NC(=O)CN(Cc2ccco2)Cc2ccco2)c1. The largest absolute Gasteiger partial charge is 0.468 e. The molecule has 0 aliphatic heterocycles. The van der Waals surface area contributed by atoms with E-state index >= 15 is 0 Å². The molecule has 2 N–H and O–H groups in total. The Balaban J connectivity index is 1.45. The van der Waals surface area contributed by atoms with Gasteiger partial charge in [-0.3, -0.25) is 14.5 Å². The van der Waals surface area contributed by atoms with Crippen molar-refractivity contribution in [3.05, 3.63) is 108 Å². The zero-order valence-corrected chi connectivity index (χ0v) is 18.3. The summed E-state index contributed by atoms with van der Waals surface area (Å²) in [5, 5.41) is 5.76. The third kappa shape index (κ3) is 6.21. The van der Waals surface area contributed by atoms with E-state index in [4.69, 9.17) is 8.83 Å². The van der Waals surface area contributed by atoms with Crippen LogP contribution in [0.15, 0.2) is 94.2 Å². The highest BCUT2D eigenvalue weighted by Crippen LogP contribution is 2.19. The molecule has 0 saturated carbocycles. The van der Waals surface area contributed by atoms with Crippen LogP contribution in [-0.4, -0.2) is 23.3 Å². The Morgan fingerprint density at radius 1 is 0.818 bits per heavy atom. The summed E-state index contributed by atoms with van der Waals surface area (Å²) in [5.74, 6) is 0.947. The molecule has 0 spiro atoms. The van der Waals surface area contributed by atoms with Gasteiger partial charge >= 0.3 is 0 Å². The lowest BCUT2D eigenvalue weighted by molar-refractivity contribution is -0.117. The van der Waals surface area contributed by atoms with Gasteiger partial charge in [-0.15, -0.1) is 0 Å². The molecule has 2 aromatic carbocycles. The first kappa shape index (κ1) is 22.1. The molecular formula is C26H25N3O4. The minimum atomic E-state index is -0.292. The number of amides is 2. The number of hydrogen-bond donors (Lipinski definition) is 2. The number of anilines is 2. The molecule has 0 bridgehead atoms. The lowest BCUT2D eigenvalue weighted by Crippen LogP contribution is -2.33. The summed E-state index contributed by atoms with van der Waals surface area (Å²) in [5.41, 5.74) is 2.58. The summed E-state index contributed by atoms with van der Waals surface area (Å²) in [4.78, 5) is 27.7. The van der Waals surface area contributed by atoms with Crippen LogP contribution in [0.4, 0.5) is 11.4 Å². The zero-order valence-electron chi connectivity index (χ0n) is 18.3. The van der Waals surface area contributed by atoms with Crippen LogP contribution >= 0.6 is 0 Å². The summed E-state index contributed by atoms with van der Waals surface area (Å²) < 4.78 is 10.9. The molecule has 2 amide bonds. The Hall–Kier alpha value is -4.10. The molecule has 0 fully saturated rings. The van der Waals surface area contributed by atoms with Crippen LogP contribution < -0.4 is 10.6 Å². The number of carbonyl (C=O) groups excluding carboxylic acids is 2. The highest BCUT2D eigenvalue weighted by molar-refractivity contribution is 6.10. The molecule has 4 rings (SSSR count). The average molecular weight is 444 g/mol. The standard InChI is InChI=1S/C26H25N3O4/c1-19-7-4-8-20(15-19)27-26(31)23-11-2-3-12-24(23)28-25(30)18-29(16-21-9-5-13-32-21)17-22-10-6-14-33-22/h2-15H,16-18H2,1H3,(H,27,31)(H,28,30). The van der Waals surface area contributed by atoms with Crippen molar-refractivity contribution in [3.8, 4) is 0 Å². The molecule has 168 valence electrons. The van der Waals surface area contributed by atoms with E-state index in [-0.39, 0.29) is 18.4 Å². The second kappa shape index (κ2) is 10.5. The predicted molar refractivity (Wildman–Crippen MR) is 126 cm³/mol. The van der Waals surface area contributed by atoms with Gasteiger partial charge in [0.25, 0.3) is 5.91 Å². The average Bonchev–Trinajstić information content (AvgIpc) is 3.48. The number of nitrogens with zero attached hydrogens (tertiary/aromatic N) is 1. The van der Waals surface area contributed by atoms with E-state index in [0.717, 1.165) is 17.1 Å². The molecule has 33 heavy (non-hydrogen) atoms. The maximum atomic E-state index is 12.9. The second-order valence-corrected chi connectivity index (χ2v) is 7.72. The second-order valence-electron chi connectivity index (χ2n) is 7.72. The predicted octanol–water partition coefficient (Wildman–Crippen LogP) is 5.07. The maximum Gasteiger partial charge on any atom is 0.257 e. The lowest BCUT2D eigenvalue weighted by Gasteiger charge is -2.20. The molecule has 0 saturated heterocycles. The summed E-state index contributed by atoms with van der Waals surface area (Å²) in [6.45, 7) is 2.93. The zero-order chi connectivity index (χ0) is 23.0. The third-order valence-electron chi connectivity index (χ3n) is 5.01. The summed E-state index contributed by atoms with van der Waals surface area (Å²) >= 11 is 0. The summed E-state index contributed by atoms with van der Waals surface area (Å²) in [7, 11) is 0. The van der Waals surface area contributed by atoms with Crippen molar-refractivity contribution in [3.63, 3.8) is 0 Å². The number of benzene rings is 2. The number of nitrogens with one attached hydrogen (secondary N) is 2. The van der Waals surface area contributed by atoms with Crippen molar-refractivity contribution in [1.29, 1.82) is 0 Å². The van der Waals surface area contributed by atoms with Crippen molar-refractivity contribution in [2.45, 2.75) is 20.0 Å². The Morgan fingerprint density at radius 2 is 1.52 bits per heavy atom. The van der Waals surface area contributed by atoms with Gasteiger partial charge in [0.15, 0.2) is 0 Å². The van der Waals surface area contributed by atoms with E-state index in [1.54, 1.807) is 36.8 Å². The molecule has 0 atom stereocenters. The smallest absolute Gasteiger partial charge is 0.257 e. The van der Waals surface area contributed by atoms with Crippen LogP contribution in [0.2, 0.25) is 0 Å². The molecule has 0 aliphatic carbocycles. The highest BCUT2D eigenvalue weighted by atomic mass is 16.3. The van der Waals surface area contributed by atoms with E-state index in [9.17, 15) is 9.59 Å². The number of furan rings is 2. The Bertz CT molecular complexity index is 1160. The fourth-order valence-corrected chi connectivity index (χ4v) is 3.52. The molecule has 2 heterocycles. The number of aryl methyl sites for hydroxylation is 1. The van der Waals surface area contributed by atoms with Crippen molar-refractivity contribution in [2.24, 2.45) is 0 Å². The molecule has 2 aromatic heterocycles. The number of hydrogen-bond acceptors (Lipinski definition) is 5. The maximum absolute atomic E-state index is 12.9. The molecule has 4 aromatic rings. The number of para-hydroxylation sites is 1. The minimum Gasteiger partial charge on any atom is -0.468 e. The van der Waals surface area contributed by atoms with Crippen molar-refractivity contribution in [1.82, 2.24) is 4.90 Å². The van der Waals surface area contributed by atoms with Gasteiger partial charge < -0.3 is 19.5 Å². The topological polar surface area (TPSA) is 87.7 Å². The molecule has 7 nitrogen and oxygen atoms in total. The fraction of sp³-hybridized carbons (Fsp3) is 0.154. The lowest BCUT2D eigenvalue weighted by atomic mass is 10.1. The van der Waals surface area contributed by atoms with Crippen LogP contribution in [0.3, 0.4) is 0 Å². The fourth-order valence-electron chi connectivity index (χ4n) is 3.52. The molecular weight excluding hydrogens is 418 g/mol. The quantitative estimate of drug-likeness (QED) is 0.377. The van der Waals surface area contributed by atoms with Crippen LogP contribution in [0, 0.1) is 6.92 Å². The number of rotatable bonds is 9. The molecule has 0 unspecified atom stereocenters. The van der Waals surface area contributed by atoms with Crippen molar-refractivity contribution < 1.29 is 18.4 Å². The van der Waals surface area contributed by atoms with E-state index in [2.05, 4.69) is 10.6 Å². The Morgan fingerprint density at radius 3 is 2.15 bits per heavy atom. The first-order chi connectivity index (χ1) is 16.1. The molecule has 7 heteroatoms.